The van der Waals surface area contributed by atoms with Crippen molar-refractivity contribution < 1.29 is 0 Å². The minimum atomic E-state index is 0.812. The van der Waals surface area contributed by atoms with Crippen molar-refractivity contribution in [2.75, 3.05) is 18.0 Å². The molecule has 0 bridgehead atoms. The van der Waals surface area contributed by atoms with Gasteiger partial charge in [-0.25, -0.2) is 0 Å². The maximum atomic E-state index is 9.03. The lowest BCUT2D eigenvalue weighted by molar-refractivity contribution is 0.949. The molecule has 0 N–H and O–H groups in total. The summed E-state index contributed by atoms with van der Waals surface area (Å²) in [6, 6.07) is 8.38. The lowest BCUT2D eigenvalue weighted by Gasteiger charge is -2.19. The first kappa shape index (κ1) is 9.14. The Balaban J connectivity index is 2.37. The molecule has 14 heavy (non-hydrogen) atoms. The summed E-state index contributed by atoms with van der Waals surface area (Å²) in [6.07, 6.45) is 2.50. The summed E-state index contributed by atoms with van der Waals surface area (Å²) in [5.74, 6) is 0. The molecule has 0 atom stereocenters. The van der Waals surface area contributed by atoms with Crippen LogP contribution in [0.1, 0.15) is 18.4 Å². The Morgan fingerprint density at radius 1 is 1.29 bits per heavy atom. The quantitative estimate of drug-likeness (QED) is 0.591. The van der Waals surface area contributed by atoms with Crippen molar-refractivity contribution in [1.29, 1.82) is 5.26 Å². The fourth-order valence-corrected chi connectivity index (χ4v) is 1.97. The number of nitrogens with zero attached hydrogens (tertiary/aromatic N) is 2. The average Bonchev–Trinajstić information content (AvgIpc) is 2.70. The first-order valence-corrected chi connectivity index (χ1v) is 5.07. The molecule has 3 heteroatoms. The van der Waals surface area contributed by atoms with Crippen molar-refractivity contribution in [3.05, 3.63) is 23.8 Å². The Bertz CT molecular complexity index is 375. The normalized spacial score (nSPS) is 15.5. The van der Waals surface area contributed by atoms with Crippen molar-refractivity contribution in [2.45, 2.75) is 12.8 Å². The number of hydrogen-bond acceptors (Lipinski definition) is 2. The number of anilines is 1. The molecule has 0 unspecified atom stereocenters. The predicted octanol–water partition coefficient (Wildman–Crippen LogP) is 0.417. The van der Waals surface area contributed by atoms with Crippen LogP contribution < -0.4 is 10.4 Å². The van der Waals surface area contributed by atoms with E-state index in [-0.39, 0.29) is 0 Å². The van der Waals surface area contributed by atoms with Crippen molar-refractivity contribution in [2.24, 2.45) is 0 Å². The Labute approximate surface area is 85.6 Å². The van der Waals surface area contributed by atoms with E-state index in [1.165, 1.54) is 12.8 Å². The number of nitriles is 1. The van der Waals surface area contributed by atoms with Crippen molar-refractivity contribution in [1.82, 2.24) is 0 Å². The van der Waals surface area contributed by atoms with Crippen LogP contribution >= 0.6 is 0 Å². The molecule has 70 valence electrons. The second kappa shape index (κ2) is 3.75. The smallest absolute Gasteiger partial charge is 0.139 e. The summed E-state index contributed by atoms with van der Waals surface area (Å²) in [4.78, 5) is 2.30. The van der Waals surface area contributed by atoms with Crippen LogP contribution in [0.4, 0.5) is 5.69 Å². The Kier molecular flexibility index (Phi) is 2.45. The van der Waals surface area contributed by atoms with Gasteiger partial charge in [-0.2, -0.15) is 5.26 Å². The van der Waals surface area contributed by atoms with E-state index in [2.05, 4.69) is 23.1 Å². The van der Waals surface area contributed by atoms with E-state index in [9.17, 15) is 0 Å². The largest absolute Gasteiger partial charge is 0.370 e. The van der Waals surface area contributed by atoms with Crippen LogP contribution in [-0.4, -0.2) is 20.9 Å². The van der Waals surface area contributed by atoms with Crippen LogP contribution in [-0.2, 0) is 0 Å². The predicted molar refractivity (Wildman–Crippen MR) is 60.8 cm³/mol. The van der Waals surface area contributed by atoms with E-state index < -0.39 is 0 Å². The van der Waals surface area contributed by atoms with E-state index in [4.69, 9.17) is 5.26 Å². The van der Waals surface area contributed by atoms with Gasteiger partial charge in [-0.3, -0.25) is 0 Å². The molecule has 1 aromatic carbocycles. The number of hydrogen-bond donors (Lipinski definition) is 0. The SMILES string of the molecule is Bc1ccc(N2CCCC2)c(C#N)c1. The fourth-order valence-electron chi connectivity index (χ4n) is 1.97. The molecule has 0 radical (unpaired) electrons. The topological polar surface area (TPSA) is 27.0 Å². The summed E-state index contributed by atoms with van der Waals surface area (Å²) in [5, 5.41) is 9.03. The third-order valence-electron chi connectivity index (χ3n) is 2.72. The van der Waals surface area contributed by atoms with Crippen LogP contribution in [0.15, 0.2) is 18.2 Å². The first-order chi connectivity index (χ1) is 6.81. The van der Waals surface area contributed by atoms with Crippen LogP contribution in [0.3, 0.4) is 0 Å². The van der Waals surface area contributed by atoms with Crippen LogP contribution in [0.25, 0.3) is 0 Å². The summed E-state index contributed by atoms with van der Waals surface area (Å²) >= 11 is 0. The summed E-state index contributed by atoms with van der Waals surface area (Å²) in [5.41, 5.74) is 3.08. The molecule has 1 saturated heterocycles. The monoisotopic (exact) mass is 184 g/mol. The lowest BCUT2D eigenvalue weighted by atomic mass is 9.94. The van der Waals surface area contributed by atoms with E-state index in [0.717, 1.165) is 29.8 Å². The average molecular weight is 184 g/mol. The van der Waals surface area contributed by atoms with Gasteiger partial charge >= 0.3 is 0 Å². The minimum Gasteiger partial charge on any atom is -0.370 e. The molecule has 2 rings (SSSR count). The molecule has 1 aromatic rings. The third kappa shape index (κ3) is 1.61. The van der Waals surface area contributed by atoms with Gasteiger partial charge < -0.3 is 4.90 Å². The van der Waals surface area contributed by atoms with Gasteiger partial charge in [-0.1, -0.05) is 11.5 Å². The van der Waals surface area contributed by atoms with Gasteiger partial charge in [0.25, 0.3) is 0 Å². The molecule has 1 aliphatic heterocycles. The van der Waals surface area contributed by atoms with Crippen molar-refractivity contribution in [3.63, 3.8) is 0 Å². The third-order valence-corrected chi connectivity index (χ3v) is 2.72. The van der Waals surface area contributed by atoms with Gasteiger partial charge in [-0.05, 0) is 25.0 Å². The summed E-state index contributed by atoms with van der Waals surface area (Å²) in [6.45, 7) is 2.19. The van der Waals surface area contributed by atoms with Crippen LogP contribution in [0.5, 0.6) is 0 Å². The maximum Gasteiger partial charge on any atom is 0.139 e. The van der Waals surface area contributed by atoms with Gasteiger partial charge in [0.05, 0.1) is 11.3 Å². The molecular formula is C11H13BN2. The van der Waals surface area contributed by atoms with Gasteiger partial charge in [0, 0.05) is 13.1 Å². The second-order valence-electron chi connectivity index (χ2n) is 3.83. The number of rotatable bonds is 1. The number of benzene rings is 1. The van der Waals surface area contributed by atoms with Gasteiger partial charge in [-0.15, -0.1) is 0 Å². The standard InChI is InChI=1S/C11H13BN2/c12-10-3-4-11(9(7-10)8-13)14-5-1-2-6-14/h3-4,7H,1-2,5-6,12H2. The van der Waals surface area contributed by atoms with Crippen molar-refractivity contribution >= 4 is 19.0 Å². The molecule has 0 spiro atoms. The minimum absolute atomic E-state index is 0.812. The molecule has 1 fully saturated rings. The Morgan fingerprint density at radius 2 is 2.00 bits per heavy atom. The molecule has 1 aliphatic rings. The van der Waals surface area contributed by atoms with Crippen molar-refractivity contribution in [3.8, 4) is 6.07 Å². The Hall–Kier alpha value is -1.43. The van der Waals surface area contributed by atoms with Gasteiger partial charge in [0.2, 0.25) is 0 Å². The van der Waals surface area contributed by atoms with Gasteiger partial charge in [0.15, 0.2) is 0 Å². The summed E-state index contributed by atoms with van der Waals surface area (Å²) in [7, 11) is 2.02. The zero-order chi connectivity index (χ0) is 9.97. The molecule has 0 amide bonds. The Morgan fingerprint density at radius 3 is 2.64 bits per heavy atom. The van der Waals surface area contributed by atoms with Gasteiger partial charge in [0.1, 0.15) is 13.9 Å². The molecule has 0 saturated carbocycles. The van der Waals surface area contributed by atoms with E-state index in [1.807, 2.05) is 13.9 Å². The maximum absolute atomic E-state index is 9.03. The molecule has 2 nitrogen and oxygen atoms in total. The lowest BCUT2D eigenvalue weighted by Crippen LogP contribution is -2.19. The highest BCUT2D eigenvalue weighted by Gasteiger charge is 2.15. The highest BCUT2D eigenvalue weighted by molar-refractivity contribution is 6.32. The fraction of sp³-hybridized carbons (Fsp3) is 0.364. The molecule has 1 heterocycles. The molecule has 0 aromatic heterocycles. The zero-order valence-corrected chi connectivity index (χ0v) is 8.45. The van der Waals surface area contributed by atoms with Crippen LogP contribution in [0, 0.1) is 11.3 Å². The van der Waals surface area contributed by atoms with E-state index >= 15 is 0 Å². The highest BCUT2D eigenvalue weighted by Crippen LogP contribution is 2.22. The van der Waals surface area contributed by atoms with Crippen LogP contribution in [0.2, 0.25) is 0 Å². The highest BCUT2D eigenvalue weighted by atomic mass is 15.1. The second-order valence-corrected chi connectivity index (χ2v) is 3.83. The van der Waals surface area contributed by atoms with E-state index in [1.54, 1.807) is 0 Å². The van der Waals surface area contributed by atoms with E-state index in [0.29, 0.717) is 0 Å². The molecule has 0 aliphatic carbocycles. The first-order valence-electron chi connectivity index (χ1n) is 5.07. The zero-order valence-electron chi connectivity index (χ0n) is 8.45. The molecular weight excluding hydrogens is 171 g/mol. The summed E-state index contributed by atoms with van der Waals surface area (Å²) < 4.78 is 0.